The molecule has 2 aromatic carbocycles. The third-order valence-electron chi connectivity index (χ3n) is 15.7. The summed E-state index contributed by atoms with van der Waals surface area (Å²) in [5, 5.41) is 0. The van der Waals surface area contributed by atoms with Crippen molar-refractivity contribution in [3.05, 3.63) is 113 Å². The van der Waals surface area contributed by atoms with Crippen molar-refractivity contribution in [1.29, 1.82) is 0 Å². The molecule has 1 aliphatic rings. The normalized spacial score (nSPS) is 12.2. The summed E-state index contributed by atoms with van der Waals surface area (Å²) in [7, 11) is 0. The van der Waals surface area contributed by atoms with Gasteiger partial charge in [0.2, 0.25) is 11.4 Å². The first kappa shape index (κ1) is 74.8. The number of aryl methyl sites for hydroxylation is 4. The predicted molar refractivity (Wildman–Crippen MR) is 344 cm³/mol. The maximum Gasteiger partial charge on any atom is 2.00 e. The first-order valence-corrected chi connectivity index (χ1v) is 33.6. The standard InChI is InChI=1S/C26H30N2.2C24H49.Ni/c1-6-7-8-9-10-22-17-25(23-13-18(2)11-19(3)14-23)28(27)26(22)24-15-20(4)12-21(5)16-24;2*1-3-5-7-9-11-13-15-17-19-21-23-24-22-20-18-16-14-12-10-8-6-4-2;/h9-17H,6-8H2,1-5H3;2*1,3-24H2,2H3;/q;2*-1;+2. The predicted octanol–water partition coefficient (Wildman–Crippen LogP) is 26.3. The molecule has 0 spiro atoms. The molecule has 2 nitrogen and oxygen atoms in total. The van der Waals surface area contributed by atoms with Crippen LogP contribution < -0.4 is 0 Å². The van der Waals surface area contributed by atoms with Crippen molar-refractivity contribution in [2.24, 2.45) is 0 Å². The number of benzene rings is 2. The van der Waals surface area contributed by atoms with Crippen LogP contribution in [-0.2, 0) is 16.5 Å². The zero-order valence-corrected chi connectivity index (χ0v) is 53.5. The van der Waals surface area contributed by atoms with Crippen molar-refractivity contribution >= 4 is 11.4 Å². The van der Waals surface area contributed by atoms with E-state index in [2.05, 4.69) is 117 Å². The van der Waals surface area contributed by atoms with Crippen molar-refractivity contribution in [1.82, 2.24) is 0 Å². The second-order valence-electron chi connectivity index (χ2n) is 23.8. The molecule has 0 radical (unpaired) electrons. The van der Waals surface area contributed by atoms with Crippen LogP contribution in [0.15, 0.2) is 60.2 Å². The van der Waals surface area contributed by atoms with Crippen LogP contribution in [0.1, 0.15) is 356 Å². The summed E-state index contributed by atoms with van der Waals surface area (Å²) < 4.78 is 1.36. The van der Waals surface area contributed by atoms with Crippen molar-refractivity contribution in [2.45, 2.75) is 350 Å². The fourth-order valence-corrected chi connectivity index (χ4v) is 11.1. The van der Waals surface area contributed by atoms with Crippen molar-refractivity contribution in [3.63, 3.8) is 0 Å². The van der Waals surface area contributed by atoms with Crippen LogP contribution in [0.5, 0.6) is 0 Å². The van der Waals surface area contributed by atoms with Gasteiger partial charge in [0.05, 0.1) is 5.57 Å². The van der Waals surface area contributed by atoms with Crippen molar-refractivity contribution < 1.29 is 21.2 Å². The summed E-state index contributed by atoms with van der Waals surface area (Å²) in [4.78, 5) is 0. The van der Waals surface area contributed by atoms with E-state index in [0.29, 0.717) is 0 Å². The number of hydrogen-bond donors (Lipinski definition) is 0. The van der Waals surface area contributed by atoms with Gasteiger partial charge in [0.25, 0.3) is 0 Å². The van der Waals surface area contributed by atoms with Gasteiger partial charge in [-0.15, -0.1) is 0 Å². The molecular formula is C74H128N2Ni. The Morgan fingerprint density at radius 3 is 0.857 bits per heavy atom. The maximum atomic E-state index is 11.2. The van der Waals surface area contributed by atoms with E-state index in [4.69, 9.17) is 0 Å². The molecule has 1 heterocycles. The average molecular weight is 1100 g/mol. The first-order valence-electron chi connectivity index (χ1n) is 33.6. The Bertz CT molecular complexity index is 1600. The number of allylic oxidation sites excluding steroid dienone is 4. The molecular weight excluding hydrogens is 976 g/mol. The maximum absolute atomic E-state index is 11.2. The smallest absolute Gasteiger partial charge is 0.493 e. The molecule has 0 unspecified atom stereocenters. The number of hydrogen-bond acceptors (Lipinski definition) is 0. The van der Waals surface area contributed by atoms with Gasteiger partial charge in [-0.05, 0) is 58.4 Å². The summed E-state index contributed by atoms with van der Waals surface area (Å²) in [6.07, 6.45) is 73.5. The molecule has 3 rings (SSSR count). The molecule has 0 amide bonds. The fourth-order valence-electron chi connectivity index (χ4n) is 11.1. The van der Waals surface area contributed by atoms with E-state index in [1.54, 1.807) is 0 Å². The van der Waals surface area contributed by atoms with Gasteiger partial charge < -0.3 is 19.4 Å². The van der Waals surface area contributed by atoms with Gasteiger partial charge in [0.15, 0.2) is 0 Å². The second-order valence-corrected chi connectivity index (χ2v) is 23.8. The summed E-state index contributed by atoms with van der Waals surface area (Å²) in [6.45, 7) is 23.0. The Labute approximate surface area is 493 Å². The van der Waals surface area contributed by atoms with Gasteiger partial charge in [-0.3, -0.25) is 0 Å². The molecule has 0 bridgehead atoms. The molecule has 0 fully saturated rings. The minimum absolute atomic E-state index is 0. The Hall–Kier alpha value is -2.25. The molecule has 2 aromatic rings. The van der Waals surface area contributed by atoms with E-state index in [1.165, 1.54) is 309 Å². The van der Waals surface area contributed by atoms with E-state index in [9.17, 15) is 5.53 Å². The molecule has 1 aliphatic heterocycles. The summed E-state index contributed by atoms with van der Waals surface area (Å²) in [5.41, 5.74) is 20.8. The third-order valence-corrected chi connectivity index (χ3v) is 15.7. The summed E-state index contributed by atoms with van der Waals surface area (Å²) >= 11 is 0. The molecule has 0 saturated carbocycles. The van der Waals surface area contributed by atoms with Gasteiger partial charge in [-0.25, -0.2) is 4.70 Å². The van der Waals surface area contributed by atoms with Crippen LogP contribution in [0.2, 0.25) is 0 Å². The van der Waals surface area contributed by atoms with E-state index in [-0.39, 0.29) is 16.5 Å². The Kier molecular flexibility index (Phi) is 54.0. The van der Waals surface area contributed by atoms with Gasteiger partial charge in [-0.2, -0.15) is 12.8 Å². The molecule has 444 valence electrons. The van der Waals surface area contributed by atoms with E-state index < -0.39 is 0 Å². The minimum Gasteiger partial charge on any atom is -0.493 e. The largest absolute Gasteiger partial charge is 2.00 e. The second kappa shape index (κ2) is 55.7. The molecule has 0 N–H and O–H groups in total. The number of unbranched alkanes of at least 4 members (excludes halogenated alkanes) is 44. The van der Waals surface area contributed by atoms with Crippen LogP contribution in [-0.4, -0.2) is 4.70 Å². The van der Waals surface area contributed by atoms with E-state index >= 15 is 0 Å². The summed E-state index contributed by atoms with van der Waals surface area (Å²) in [6, 6.07) is 12.9. The van der Waals surface area contributed by atoms with Crippen LogP contribution >= 0.6 is 0 Å². The SMILES string of the molecule is CCCCC=CC1=C(c2cc(C)cc(C)c2)[N+](=[N-])C(c2cc(C)cc(C)c2)=C1.[CH2-]CCCCCCCCCCCCCCCCCCCCCCC.[CH2-]CCCCCCCCCCCCCCCCCCCCCCC.[Ni+2]. The van der Waals surface area contributed by atoms with E-state index in [1.807, 2.05) is 0 Å². The number of nitrogens with zero attached hydrogens (tertiary/aromatic N) is 2. The molecule has 0 saturated heterocycles. The average Bonchev–Trinajstić information content (AvgIpc) is 3.75. The molecule has 77 heavy (non-hydrogen) atoms. The Morgan fingerprint density at radius 1 is 0.351 bits per heavy atom. The van der Waals surface area contributed by atoms with Crippen LogP contribution in [0.25, 0.3) is 16.9 Å². The van der Waals surface area contributed by atoms with E-state index in [0.717, 1.165) is 47.4 Å². The molecule has 3 heteroatoms. The topological polar surface area (TPSA) is 25.3 Å². The van der Waals surface area contributed by atoms with Crippen LogP contribution in [0.3, 0.4) is 0 Å². The minimum atomic E-state index is 0. The quantitative estimate of drug-likeness (QED) is 0.0273. The van der Waals surface area contributed by atoms with Gasteiger partial charge in [-0.1, -0.05) is 350 Å². The molecule has 0 aliphatic carbocycles. The fraction of sp³-hybridized carbons (Fsp3) is 0.730. The van der Waals surface area contributed by atoms with Crippen molar-refractivity contribution in [2.75, 3.05) is 0 Å². The van der Waals surface area contributed by atoms with Gasteiger partial charge >= 0.3 is 16.5 Å². The number of rotatable bonds is 48. The Morgan fingerprint density at radius 2 is 0.597 bits per heavy atom. The zero-order valence-electron chi connectivity index (χ0n) is 52.6. The molecule has 0 aromatic heterocycles. The summed E-state index contributed by atoms with van der Waals surface area (Å²) in [5.74, 6) is 0. The van der Waals surface area contributed by atoms with Crippen LogP contribution in [0, 0.1) is 41.5 Å². The zero-order chi connectivity index (χ0) is 55.4. The van der Waals surface area contributed by atoms with Gasteiger partial charge in [0.1, 0.15) is 0 Å². The van der Waals surface area contributed by atoms with Gasteiger partial charge in [0, 0.05) is 17.2 Å². The molecule has 0 atom stereocenters. The monoisotopic (exact) mass is 1100 g/mol. The van der Waals surface area contributed by atoms with Crippen molar-refractivity contribution in [3.8, 4) is 0 Å². The third kappa shape index (κ3) is 43.2. The Balaban J connectivity index is 0.00000112. The first-order chi connectivity index (χ1) is 37.2. The van der Waals surface area contributed by atoms with Crippen LogP contribution in [0.4, 0.5) is 0 Å².